The first-order valence-corrected chi connectivity index (χ1v) is 6.31. The molecule has 5 nitrogen and oxygen atoms in total. The lowest BCUT2D eigenvalue weighted by molar-refractivity contribution is 0.171. The van der Waals surface area contributed by atoms with Gasteiger partial charge in [-0.3, -0.25) is 0 Å². The Balaban J connectivity index is 2.04. The maximum absolute atomic E-state index is 9.68. The number of aliphatic hydroxyl groups is 1. The van der Waals surface area contributed by atoms with Gasteiger partial charge in [-0.15, -0.1) is 0 Å². The second-order valence-corrected chi connectivity index (χ2v) is 4.41. The van der Waals surface area contributed by atoms with Gasteiger partial charge in [-0.25, -0.2) is 0 Å². The van der Waals surface area contributed by atoms with Gasteiger partial charge in [-0.05, 0) is 6.42 Å². The monoisotopic (exact) mass is 252 g/mol. The SMILES string of the molecule is CCCC(O)CNc1cc2c(cc1N)OCCO2. The number of aliphatic hydroxyl groups excluding tert-OH is 1. The topological polar surface area (TPSA) is 76.7 Å². The molecule has 4 N–H and O–H groups in total. The molecule has 18 heavy (non-hydrogen) atoms. The van der Waals surface area contributed by atoms with E-state index in [4.69, 9.17) is 15.2 Å². The Kier molecular flexibility index (Phi) is 4.15. The smallest absolute Gasteiger partial charge is 0.163 e. The second kappa shape index (κ2) is 5.82. The lowest BCUT2D eigenvalue weighted by Crippen LogP contribution is -2.20. The Labute approximate surface area is 107 Å². The highest BCUT2D eigenvalue weighted by atomic mass is 16.6. The fraction of sp³-hybridized carbons (Fsp3) is 0.538. The predicted molar refractivity (Wildman–Crippen MR) is 71.2 cm³/mol. The fourth-order valence-electron chi connectivity index (χ4n) is 1.92. The molecular formula is C13H20N2O3. The summed E-state index contributed by atoms with van der Waals surface area (Å²) < 4.78 is 10.9. The Morgan fingerprint density at radius 2 is 2.00 bits per heavy atom. The van der Waals surface area contributed by atoms with E-state index in [1.54, 1.807) is 6.07 Å². The van der Waals surface area contributed by atoms with Crippen LogP contribution in [0.1, 0.15) is 19.8 Å². The van der Waals surface area contributed by atoms with Crippen molar-refractivity contribution in [1.82, 2.24) is 0 Å². The van der Waals surface area contributed by atoms with Crippen LogP contribution < -0.4 is 20.5 Å². The Bertz CT molecular complexity index is 409. The van der Waals surface area contributed by atoms with Gasteiger partial charge in [0.1, 0.15) is 13.2 Å². The molecule has 5 heteroatoms. The van der Waals surface area contributed by atoms with E-state index >= 15 is 0 Å². The molecule has 0 saturated heterocycles. The molecule has 1 aromatic carbocycles. The summed E-state index contributed by atoms with van der Waals surface area (Å²) in [5, 5.41) is 12.8. The average Bonchev–Trinajstić information content (AvgIpc) is 2.36. The molecule has 0 fully saturated rings. The lowest BCUT2D eigenvalue weighted by Gasteiger charge is -2.21. The van der Waals surface area contributed by atoms with E-state index in [0.29, 0.717) is 36.9 Å². The van der Waals surface area contributed by atoms with Crippen molar-refractivity contribution in [2.24, 2.45) is 0 Å². The molecule has 2 rings (SSSR count). The highest BCUT2D eigenvalue weighted by Crippen LogP contribution is 2.36. The lowest BCUT2D eigenvalue weighted by atomic mass is 10.2. The van der Waals surface area contributed by atoms with Crippen LogP contribution in [0.4, 0.5) is 11.4 Å². The van der Waals surface area contributed by atoms with Crippen LogP contribution in [0.3, 0.4) is 0 Å². The Morgan fingerprint density at radius 1 is 1.33 bits per heavy atom. The zero-order valence-corrected chi connectivity index (χ0v) is 10.6. The van der Waals surface area contributed by atoms with Crippen LogP contribution in [0.5, 0.6) is 11.5 Å². The highest BCUT2D eigenvalue weighted by Gasteiger charge is 2.15. The molecule has 0 amide bonds. The molecule has 0 bridgehead atoms. The van der Waals surface area contributed by atoms with Crippen molar-refractivity contribution in [2.45, 2.75) is 25.9 Å². The summed E-state index contributed by atoms with van der Waals surface area (Å²) in [6.07, 6.45) is 1.37. The van der Waals surface area contributed by atoms with Gasteiger partial charge in [0, 0.05) is 18.7 Å². The number of hydrogen-bond acceptors (Lipinski definition) is 5. The molecule has 1 aromatic rings. The van der Waals surface area contributed by atoms with Gasteiger partial charge in [-0.1, -0.05) is 13.3 Å². The van der Waals surface area contributed by atoms with E-state index in [2.05, 4.69) is 5.32 Å². The van der Waals surface area contributed by atoms with E-state index < -0.39 is 0 Å². The van der Waals surface area contributed by atoms with E-state index in [1.807, 2.05) is 13.0 Å². The van der Waals surface area contributed by atoms with Gasteiger partial charge in [-0.2, -0.15) is 0 Å². The summed E-state index contributed by atoms with van der Waals surface area (Å²) in [5.74, 6) is 1.38. The van der Waals surface area contributed by atoms with E-state index in [-0.39, 0.29) is 6.10 Å². The van der Waals surface area contributed by atoms with Crippen molar-refractivity contribution in [3.8, 4) is 11.5 Å². The average molecular weight is 252 g/mol. The molecule has 1 aliphatic heterocycles. The Morgan fingerprint density at radius 3 is 2.67 bits per heavy atom. The number of nitrogens with two attached hydrogens (primary N) is 1. The first-order chi connectivity index (χ1) is 8.70. The number of rotatable bonds is 5. The van der Waals surface area contributed by atoms with Crippen molar-refractivity contribution >= 4 is 11.4 Å². The largest absolute Gasteiger partial charge is 0.486 e. The quantitative estimate of drug-likeness (QED) is 0.694. The summed E-state index contributed by atoms with van der Waals surface area (Å²) in [4.78, 5) is 0. The van der Waals surface area contributed by atoms with Crippen LogP contribution in [-0.4, -0.2) is 31.0 Å². The zero-order chi connectivity index (χ0) is 13.0. The number of nitrogens with one attached hydrogen (secondary N) is 1. The second-order valence-electron chi connectivity index (χ2n) is 4.41. The summed E-state index contributed by atoms with van der Waals surface area (Å²) in [6.45, 7) is 3.63. The minimum absolute atomic E-state index is 0.359. The van der Waals surface area contributed by atoms with Gasteiger partial charge < -0.3 is 25.6 Å². The highest BCUT2D eigenvalue weighted by molar-refractivity contribution is 5.72. The van der Waals surface area contributed by atoms with Crippen molar-refractivity contribution in [3.05, 3.63) is 12.1 Å². The molecule has 0 aliphatic carbocycles. The number of ether oxygens (including phenoxy) is 2. The third-order valence-electron chi connectivity index (χ3n) is 2.86. The van der Waals surface area contributed by atoms with Crippen LogP contribution in [0.15, 0.2) is 12.1 Å². The molecule has 0 aromatic heterocycles. The maximum atomic E-state index is 9.68. The van der Waals surface area contributed by atoms with Gasteiger partial charge in [0.25, 0.3) is 0 Å². The number of anilines is 2. The summed E-state index contributed by atoms with van der Waals surface area (Å²) in [6, 6.07) is 3.57. The fourth-order valence-corrected chi connectivity index (χ4v) is 1.92. The van der Waals surface area contributed by atoms with Crippen molar-refractivity contribution in [1.29, 1.82) is 0 Å². The van der Waals surface area contributed by atoms with Crippen molar-refractivity contribution in [3.63, 3.8) is 0 Å². The number of nitrogen functional groups attached to an aromatic ring is 1. The van der Waals surface area contributed by atoms with Crippen LogP contribution in [0.25, 0.3) is 0 Å². The van der Waals surface area contributed by atoms with Gasteiger partial charge >= 0.3 is 0 Å². The number of benzene rings is 1. The predicted octanol–water partition coefficient (Wildman–Crippen LogP) is 1.61. The standard InChI is InChI=1S/C13H20N2O3/c1-2-3-9(16)8-15-11-7-13-12(6-10(11)14)17-4-5-18-13/h6-7,9,15-16H,2-5,8,14H2,1H3. The molecule has 1 unspecified atom stereocenters. The van der Waals surface area contributed by atoms with Gasteiger partial charge in [0.2, 0.25) is 0 Å². The van der Waals surface area contributed by atoms with Crippen LogP contribution >= 0.6 is 0 Å². The molecule has 0 saturated carbocycles. The minimum Gasteiger partial charge on any atom is -0.486 e. The van der Waals surface area contributed by atoms with Crippen LogP contribution in [-0.2, 0) is 0 Å². The zero-order valence-electron chi connectivity index (χ0n) is 10.6. The normalized spacial score (nSPS) is 15.2. The van der Waals surface area contributed by atoms with Crippen LogP contribution in [0, 0.1) is 0 Å². The third-order valence-corrected chi connectivity index (χ3v) is 2.86. The number of fused-ring (bicyclic) bond motifs is 1. The molecular weight excluding hydrogens is 232 g/mol. The minimum atomic E-state index is -0.359. The van der Waals surface area contributed by atoms with Crippen molar-refractivity contribution < 1.29 is 14.6 Å². The maximum Gasteiger partial charge on any atom is 0.163 e. The summed E-state index contributed by atoms with van der Waals surface area (Å²) in [5.41, 5.74) is 7.30. The van der Waals surface area contributed by atoms with Crippen molar-refractivity contribution in [2.75, 3.05) is 30.8 Å². The molecule has 1 heterocycles. The first kappa shape index (κ1) is 12.8. The van der Waals surface area contributed by atoms with Gasteiger partial charge in [0.05, 0.1) is 17.5 Å². The molecule has 1 aliphatic rings. The number of hydrogen-bond donors (Lipinski definition) is 3. The third kappa shape index (κ3) is 2.98. The molecule has 100 valence electrons. The van der Waals surface area contributed by atoms with E-state index in [9.17, 15) is 5.11 Å². The molecule has 1 atom stereocenters. The van der Waals surface area contributed by atoms with E-state index in [1.165, 1.54) is 0 Å². The summed E-state index contributed by atoms with van der Waals surface area (Å²) in [7, 11) is 0. The Hall–Kier alpha value is -1.62. The van der Waals surface area contributed by atoms with E-state index in [0.717, 1.165) is 18.5 Å². The molecule has 0 radical (unpaired) electrons. The summed E-state index contributed by atoms with van der Waals surface area (Å²) >= 11 is 0. The van der Waals surface area contributed by atoms with Crippen LogP contribution in [0.2, 0.25) is 0 Å². The molecule has 0 spiro atoms. The van der Waals surface area contributed by atoms with Gasteiger partial charge in [0.15, 0.2) is 11.5 Å². The first-order valence-electron chi connectivity index (χ1n) is 6.31.